The monoisotopic (exact) mass is 148 g/mol. The van der Waals surface area contributed by atoms with Crippen LogP contribution in [0.25, 0.3) is 0 Å². The lowest BCUT2D eigenvalue weighted by molar-refractivity contribution is 0.494. The van der Waals surface area contributed by atoms with Crippen molar-refractivity contribution in [1.29, 1.82) is 0 Å². The topological polar surface area (TPSA) is 0 Å². The van der Waals surface area contributed by atoms with Crippen molar-refractivity contribution in [1.82, 2.24) is 0 Å². The first-order valence-corrected chi connectivity index (χ1v) is 4.24. The van der Waals surface area contributed by atoms with Crippen molar-refractivity contribution < 1.29 is 0 Å². The lowest BCUT2D eigenvalue weighted by atomic mass is 10.0. The molecule has 2 atom stereocenters. The largest absolute Gasteiger partial charge is 0.123 e. The van der Waals surface area contributed by atoms with Crippen molar-refractivity contribution in [3.05, 3.63) is 0 Å². The summed E-state index contributed by atoms with van der Waals surface area (Å²) in [6.07, 6.45) is 3.72. The van der Waals surface area contributed by atoms with Crippen molar-refractivity contribution >= 4 is 11.6 Å². The van der Waals surface area contributed by atoms with Crippen LogP contribution < -0.4 is 0 Å². The summed E-state index contributed by atoms with van der Waals surface area (Å²) in [4.78, 5) is 0. The zero-order valence-electron chi connectivity index (χ0n) is 6.65. The van der Waals surface area contributed by atoms with E-state index in [9.17, 15) is 0 Å². The molecule has 0 amide bonds. The second kappa shape index (κ2) is 5.10. The first kappa shape index (κ1) is 9.29. The molecule has 0 heterocycles. The molecule has 2 unspecified atom stereocenters. The van der Waals surface area contributed by atoms with Crippen molar-refractivity contribution in [2.75, 3.05) is 0 Å². The van der Waals surface area contributed by atoms with Gasteiger partial charge in [-0.05, 0) is 25.7 Å². The molecule has 0 aromatic carbocycles. The van der Waals surface area contributed by atoms with Crippen molar-refractivity contribution in [2.24, 2.45) is 5.92 Å². The van der Waals surface area contributed by atoms with E-state index >= 15 is 0 Å². The Morgan fingerprint density at radius 1 is 1.22 bits per heavy atom. The minimum atomic E-state index is 0.360. The highest BCUT2D eigenvalue weighted by Crippen LogP contribution is 2.13. The van der Waals surface area contributed by atoms with Gasteiger partial charge in [0.05, 0.1) is 0 Å². The summed E-state index contributed by atoms with van der Waals surface area (Å²) in [5, 5.41) is 0.360. The Labute approximate surface area is 63.6 Å². The smallest absolute Gasteiger partial charge is 0.0307 e. The summed E-state index contributed by atoms with van der Waals surface area (Å²) >= 11 is 5.78. The van der Waals surface area contributed by atoms with Crippen molar-refractivity contribution in [2.45, 2.75) is 45.4 Å². The van der Waals surface area contributed by atoms with Crippen LogP contribution in [0.1, 0.15) is 40.0 Å². The highest BCUT2D eigenvalue weighted by molar-refractivity contribution is 6.20. The average molecular weight is 149 g/mol. The maximum atomic E-state index is 5.78. The Bertz CT molecular complexity index is 59.6. The van der Waals surface area contributed by atoms with E-state index in [1.807, 2.05) is 0 Å². The fourth-order valence-corrected chi connectivity index (χ4v) is 0.844. The zero-order valence-corrected chi connectivity index (χ0v) is 7.41. The van der Waals surface area contributed by atoms with E-state index in [-0.39, 0.29) is 0 Å². The van der Waals surface area contributed by atoms with E-state index in [1.54, 1.807) is 0 Å². The molecule has 0 saturated heterocycles. The van der Waals surface area contributed by atoms with Gasteiger partial charge in [0.2, 0.25) is 0 Å². The normalized spacial score (nSPS) is 17.3. The van der Waals surface area contributed by atoms with E-state index in [4.69, 9.17) is 11.6 Å². The molecule has 1 heteroatoms. The third-order valence-corrected chi connectivity index (χ3v) is 1.97. The summed E-state index contributed by atoms with van der Waals surface area (Å²) in [6, 6.07) is 0. The first-order chi connectivity index (χ1) is 4.16. The lowest BCUT2D eigenvalue weighted by Crippen LogP contribution is -1.97. The molecule has 0 spiro atoms. The van der Waals surface area contributed by atoms with Crippen LogP contribution in [-0.2, 0) is 0 Å². The van der Waals surface area contributed by atoms with Gasteiger partial charge >= 0.3 is 0 Å². The molecule has 56 valence electrons. The van der Waals surface area contributed by atoms with Gasteiger partial charge in [0, 0.05) is 5.38 Å². The molecule has 0 radical (unpaired) electrons. The van der Waals surface area contributed by atoms with Crippen LogP contribution in [0.3, 0.4) is 0 Å². The Hall–Kier alpha value is 0.290. The average Bonchev–Trinajstić information content (AvgIpc) is 1.83. The molecule has 0 aromatic heterocycles. The molecule has 0 aliphatic heterocycles. The van der Waals surface area contributed by atoms with Crippen LogP contribution in [0.15, 0.2) is 0 Å². The van der Waals surface area contributed by atoms with Crippen LogP contribution >= 0.6 is 11.6 Å². The molecule has 0 nitrogen and oxygen atoms in total. The van der Waals surface area contributed by atoms with E-state index < -0.39 is 0 Å². The van der Waals surface area contributed by atoms with Gasteiger partial charge in [-0.3, -0.25) is 0 Å². The minimum Gasteiger partial charge on any atom is -0.123 e. The lowest BCUT2D eigenvalue weighted by Gasteiger charge is -2.07. The number of hydrogen-bond acceptors (Lipinski definition) is 0. The maximum absolute atomic E-state index is 5.78. The number of rotatable bonds is 4. The highest BCUT2D eigenvalue weighted by Gasteiger charge is 2.00. The molecule has 0 fully saturated rings. The summed E-state index contributed by atoms with van der Waals surface area (Å²) in [7, 11) is 0. The van der Waals surface area contributed by atoms with Crippen molar-refractivity contribution in [3.8, 4) is 0 Å². The van der Waals surface area contributed by atoms with Gasteiger partial charge in [-0.2, -0.15) is 0 Å². The number of halogens is 1. The molecular formula is C8H17Cl. The van der Waals surface area contributed by atoms with Gasteiger partial charge in [0.25, 0.3) is 0 Å². The molecule has 0 rings (SSSR count). The molecule has 0 aliphatic carbocycles. The number of alkyl halides is 1. The molecule has 0 aromatic rings. The van der Waals surface area contributed by atoms with Crippen LogP contribution in [0.4, 0.5) is 0 Å². The number of hydrogen-bond donors (Lipinski definition) is 0. The summed E-state index contributed by atoms with van der Waals surface area (Å²) in [5.74, 6) is 0.853. The molecule has 0 bridgehead atoms. The third kappa shape index (κ3) is 6.17. The van der Waals surface area contributed by atoms with Crippen LogP contribution in [0.2, 0.25) is 0 Å². The van der Waals surface area contributed by atoms with Gasteiger partial charge in [-0.1, -0.05) is 20.3 Å². The Balaban J connectivity index is 3.06. The van der Waals surface area contributed by atoms with Gasteiger partial charge in [0.15, 0.2) is 0 Å². The van der Waals surface area contributed by atoms with Crippen LogP contribution in [0.5, 0.6) is 0 Å². The summed E-state index contributed by atoms with van der Waals surface area (Å²) in [5.41, 5.74) is 0. The maximum Gasteiger partial charge on any atom is 0.0307 e. The van der Waals surface area contributed by atoms with E-state index in [2.05, 4.69) is 20.8 Å². The second-order valence-electron chi connectivity index (χ2n) is 2.87. The van der Waals surface area contributed by atoms with Gasteiger partial charge in [-0.25, -0.2) is 0 Å². The van der Waals surface area contributed by atoms with Gasteiger partial charge in [0.1, 0.15) is 0 Å². The SMILES string of the molecule is CCC(C)CCC(C)Cl. The van der Waals surface area contributed by atoms with Crippen LogP contribution in [-0.4, -0.2) is 5.38 Å². The second-order valence-corrected chi connectivity index (χ2v) is 3.62. The van der Waals surface area contributed by atoms with E-state index in [0.717, 1.165) is 12.3 Å². The predicted molar refractivity (Wildman–Crippen MR) is 44.0 cm³/mol. The van der Waals surface area contributed by atoms with Gasteiger partial charge < -0.3 is 0 Å². The Morgan fingerprint density at radius 2 is 1.78 bits per heavy atom. The van der Waals surface area contributed by atoms with Gasteiger partial charge in [-0.15, -0.1) is 11.6 Å². The zero-order chi connectivity index (χ0) is 7.28. The molecule has 0 N–H and O–H groups in total. The van der Waals surface area contributed by atoms with E-state index in [1.165, 1.54) is 12.8 Å². The summed E-state index contributed by atoms with van der Waals surface area (Å²) in [6.45, 7) is 6.56. The van der Waals surface area contributed by atoms with E-state index in [0.29, 0.717) is 5.38 Å². The Kier molecular flexibility index (Phi) is 5.27. The minimum absolute atomic E-state index is 0.360. The van der Waals surface area contributed by atoms with Crippen LogP contribution in [0, 0.1) is 5.92 Å². The fourth-order valence-electron chi connectivity index (χ4n) is 0.718. The molecule has 9 heavy (non-hydrogen) atoms. The third-order valence-electron chi connectivity index (χ3n) is 1.75. The Morgan fingerprint density at radius 3 is 2.11 bits per heavy atom. The standard InChI is InChI=1S/C8H17Cl/c1-4-7(2)5-6-8(3)9/h7-8H,4-6H2,1-3H3. The van der Waals surface area contributed by atoms with Crippen molar-refractivity contribution in [3.63, 3.8) is 0 Å². The quantitative estimate of drug-likeness (QED) is 0.536. The predicted octanol–water partition coefficient (Wildman–Crippen LogP) is 3.44. The first-order valence-electron chi connectivity index (χ1n) is 3.80. The molecular weight excluding hydrogens is 132 g/mol. The molecule has 0 saturated carbocycles. The highest BCUT2D eigenvalue weighted by atomic mass is 35.5. The summed E-state index contributed by atoms with van der Waals surface area (Å²) < 4.78 is 0. The molecule has 0 aliphatic rings. The fraction of sp³-hybridized carbons (Fsp3) is 1.00.